The molecule has 0 spiro atoms. The Morgan fingerprint density at radius 2 is 2.07 bits per heavy atom. The maximum absolute atomic E-state index is 14.7. The molecule has 1 amide bonds. The van der Waals surface area contributed by atoms with Crippen molar-refractivity contribution in [2.24, 2.45) is 0 Å². The molecule has 1 aromatic carbocycles. The molecule has 0 aliphatic carbocycles. The largest absolute Gasteiger partial charge is 0.598 e. The van der Waals surface area contributed by atoms with Gasteiger partial charge in [-0.05, 0) is 23.8 Å². The minimum absolute atomic E-state index is 0.189. The monoisotopic (exact) mass is 395 g/mol. The van der Waals surface area contributed by atoms with Crippen molar-refractivity contribution in [1.29, 1.82) is 0 Å². The van der Waals surface area contributed by atoms with E-state index in [1.807, 2.05) is 9.21 Å². The minimum atomic E-state index is -1.02. The van der Waals surface area contributed by atoms with Crippen molar-refractivity contribution in [3.8, 4) is 0 Å². The van der Waals surface area contributed by atoms with Crippen LogP contribution in [0.1, 0.15) is 12.5 Å². The number of nitrogens with one attached hydrogen (secondary N) is 1. The number of carbonyl (C=O) groups excluding carboxylic acids is 2. The van der Waals surface area contributed by atoms with Crippen LogP contribution in [0, 0.1) is 5.82 Å². The van der Waals surface area contributed by atoms with Gasteiger partial charge in [-0.2, -0.15) is 0 Å². The number of hydrogen-bond donors (Lipinski definition) is 1. The van der Waals surface area contributed by atoms with Gasteiger partial charge in [-0.1, -0.05) is 6.07 Å². The number of halogens is 1. The van der Waals surface area contributed by atoms with Crippen LogP contribution in [0.5, 0.6) is 0 Å². The predicted octanol–water partition coefficient (Wildman–Crippen LogP) is 0.686. The van der Waals surface area contributed by atoms with Gasteiger partial charge in [0.1, 0.15) is 18.2 Å². The minimum Gasteiger partial charge on any atom is -0.598 e. The first-order valence-corrected chi connectivity index (χ1v) is 10.2. The zero-order chi connectivity index (χ0) is 19.6. The van der Waals surface area contributed by atoms with E-state index in [4.69, 9.17) is 4.74 Å². The molecule has 9 heteroatoms. The van der Waals surface area contributed by atoms with E-state index >= 15 is 0 Å². The maximum Gasteiger partial charge on any atom is 0.339 e. The quantitative estimate of drug-likeness (QED) is 0.583. The van der Waals surface area contributed by atoms with Gasteiger partial charge in [-0.25, -0.2) is 9.18 Å². The van der Waals surface area contributed by atoms with Gasteiger partial charge in [-0.3, -0.25) is 4.79 Å². The molecule has 2 atom stereocenters. The van der Waals surface area contributed by atoms with Gasteiger partial charge in [0.25, 0.3) is 0 Å². The fourth-order valence-corrected chi connectivity index (χ4v) is 3.84. The Balaban J connectivity index is 1.70. The summed E-state index contributed by atoms with van der Waals surface area (Å²) in [5.41, 5.74) is 1.20. The smallest absolute Gasteiger partial charge is 0.339 e. The number of esters is 1. The fourth-order valence-electron chi connectivity index (χ4n) is 3.16. The normalized spacial score (nSPS) is 21.6. The van der Waals surface area contributed by atoms with Gasteiger partial charge in [0, 0.05) is 31.4 Å². The molecule has 7 nitrogen and oxygen atoms in total. The number of ether oxygens (including phenoxy) is 1. The Morgan fingerprint density at radius 3 is 2.67 bits per heavy atom. The van der Waals surface area contributed by atoms with E-state index in [2.05, 4.69) is 5.32 Å². The van der Waals surface area contributed by atoms with Crippen LogP contribution < -0.4 is 10.2 Å². The summed E-state index contributed by atoms with van der Waals surface area (Å²) < 4.78 is 33.2. The van der Waals surface area contributed by atoms with Crippen molar-refractivity contribution in [2.75, 3.05) is 43.9 Å². The molecule has 2 aliphatic heterocycles. The lowest BCUT2D eigenvalue weighted by Gasteiger charge is -2.34. The van der Waals surface area contributed by atoms with Gasteiger partial charge in [0.15, 0.2) is 0 Å². The van der Waals surface area contributed by atoms with Gasteiger partial charge in [0.05, 0.1) is 30.9 Å². The lowest BCUT2D eigenvalue weighted by Crippen LogP contribution is -2.48. The standard InChI is InChI=1S/C18H22FN3O4S/c1-12(23)20-11-14-10-15(18(24)26-14)13-3-4-17(16(19)9-13)21-5-7-22(8-6-21)27(2)25/h3-4,9-10,14H,5-8,11H2,1-2H3,(H,20,23)/t14-,27?/m1/s1. The molecule has 0 radical (unpaired) electrons. The van der Waals surface area contributed by atoms with Crippen LogP contribution in [0.25, 0.3) is 5.57 Å². The van der Waals surface area contributed by atoms with Gasteiger partial charge >= 0.3 is 5.97 Å². The van der Waals surface area contributed by atoms with Crippen LogP contribution in [0.2, 0.25) is 0 Å². The molecule has 1 N–H and O–H groups in total. The second-order valence-electron chi connectivity index (χ2n) is 6.47. The second kappa shape index (κ2) is 8.28. The molecule has 0 saturated carbocycles. The highest BCUT2D eigenvalue weighted by Crippen LogP contribution is 2.29. The number of piperazine rings is 1. The molecular weight excluding hydrogens is 373 g/mol. The molecule has 3 rings (SSSR count). The number of cyclic esters (lactones) is 1. The van der Waals surface area contributed by atoms with Crippen molar-refractivity contribution in [2.45, 2.75) is 13.0 Å². The molecule has 0 aromatic heterocycles. The highest BCUT2D eigenvalue weighted by molar-refractivity contribution is 7.88. The van der Waals surface area contributed by atoms with E-state index in [1.54, 1.807) is 24.5 Å². The summed E-state index contributed by atoms with van der Waals surface area (Å²) in [5.74, 6) is -1.16. The summed E-state index contributed by atoms with van der Waals surface area (Å²) in [6.45, 7) is 3.94. The molecule has 27 heavy (non-hydrogen) atoms. The van der Waals surface area contributed by atoms with Crippen LogP contribution in [0.3, 0.4) is 0 Å². The Hall–Kier alpha value is -2.10. The number of carbonyl (C=O) groups is 2. The first kappa shape index (κ1) is 19.7. The summed E-state index contributed by atoms with van der Waals surface area (Å²) in [5, 5.41) is 2.59. The van der Waals surface area contributed by atoms with Crippen molar-refractivity contribution >= 4 is 34.5 Å². The molecule has 2 aliphatic rings. The second-order valence-corrected chi connectivity index (χ2v) is 7.83. The van der Waals surface area contributed by atoms with Crippen molar-refractivity contribution in [1.82, 2.24) is 9.62 Å². The van der Waals surface area contributed by atoms with E-state index in [0.29, 0.717) is 43.0 Å². The number of amides is 1. The molecule has 1 unspecified atom stereocenters. The van der Waals surface area contributed by atoms with Crippen LogP contribution in [-0.4, -0.2) is 65.8 Å². The summed E-state index contributed by atoms with van der Waals surface area (Å²) in [4.78, 5) is 24.9. The van der Waals surface area contributed by atoms with Crippen LogP contribution in [0.15, 0.2) is 24.3 Å². The summed E-state index contributed by atoms with van der Waals surface area (Å²) in [6, 6.07) is 4.67. The van der Waals surface area contributed by atoms with E-state index in [1.165, 1.54) is 13.0 Å². The molecule has 0 bridgehead atoms. The number of anilines is 1. The first-order chi connectivity index (χ1) is 12.8. The third-order valence-electron chi connectivity index (χ3n) is 4.58. The first-order valence-electron chi connectivity index (χ1n) is 8.65. The van der Waals surface area contributed by atoms with Crippen molar-refractivity contribution in [3.63, 3.8) is 0 Å². The maximum atomic E-state index is 14.7. The van der Waals surface area contributed by atoms with Crippen LogP contribution >= 0.6 is 0 Å². The molecule has 1 fully saturated rings. The number of rotatable bonds is 5. The summed E-state index contributed by atoms with van der Waals surface area (Å²) >= 11 is -1.02. The zero-order valence-corrected chi connectivity index (χ0v) is 16.1. The van der Waals surface area contributed by atoms with E-state index in [0.717, 1.165) is 0 Å². The van der Waals surface area contributed by atoms with Gasteiger partial charge < -0.3 is 19.5 Å². The lowest BCUT2D eigenvalue weighted by molar-refractivity contribution is -0.138. The summed E-state index contributed by atoms with van der Waals surface area (Å²) in [7, 11) is 0. The SMILES string of the molecule is CC(=O)NC[C@H]1C=C(c2ccc(N3CCN([S+](C)[O-])CC3)c(F)c2)C(=O)O1. The third-order valence-corrected chi connectivity index (χ3v) is 5.68. The third kappa shape index (κ3) is 4.60. The van der Waals surface area contributed by atoms with Crippen LogP contribution in [-0.2, 0) is 25.7 Å². The highest BCUT2D eigenvalue weighted by atomic mass is 32.2. The molecular formula is C18H22FN3O4S. The number of hydrogen-bond acceptors (Lipinski definition) is 6. The van der Waals surface area contributed by atoms with E-state index in [9.17, 15) is 18.5 Å². The lowest BCUT2D eigenvalue weighted by atomic mass is 10.0. The average Bonchev–Trinajstić information content (AvgIpc) is 3.01. The Bertz CT molecular complexity index is 763. The fraction of sp³-hybridized carbons (Fsp3) is 0.444. The van der Waals surface area contributed by atoms with Gasteiger partial charge in [-0.15, -0.1) is 4.31 Å². The average molecular weight is 395 g/mol. The molecule has 1 saturated heterocycles. The van der Waals surface area contributed by atoms with Crippen molar-refractivity contribution < 1.29 is 23.3 Å². The predicted molar refractivity (Wildman–Crippen MR) is 101 cm³/mol. The van der Waals surface area contributed by atoms with Crippen molar-refractivity contribution in [3.05, 3.63) is 35.7 Å². The molecule has 146 valence electrons. The van der Waals surface area contributed by atoms with E-state index in [-0.39, 0.29) is 12.5 Å². The van der Waals surface area contributed by atoms with Gasteiger partial charge in [0.2, 0.25) is 5.91 Å². The number of nitrogens with zero attached hydrogens (tertiary/aromatic N) is 2. The Labute approximate surface area is 160 Å². The summed E-state index contributed by atoms with van der Waals surface area (Å²) in [6.07, 6.45) is 2.68. The Kier molecular flexibility index (Phi) is 6.03. The van der Waals surface area contributed by atoms with Crippen LogP contribution in [0.4, 0.5) is 10.1 Å². The molecule has 1 aromatic rings. The van der Waals surface area contributed by atoms with E-state index < -0.39 is 29.3 Å². The Morgan fingerprint density at radius 1 is 1.37 bits per heavy atom. The highest BCUT2D eigenvalue weighted by Gasteiger charge is 2.28. The number of benzene rings is 1. The topological polar surface area (TPSA) is 84.9 Å². The zero-order valence-electron chi connectivity index (χ0n) is 15.2. The molecule has 2 heterocycles.